The highest BCUT2D eigenvalue weighted by molar-refractivity contribution is 5.59. The van der Waals surface area contributed by atoms with E-state index in [4.69, 9.17) is 5.73 Å². The maximum Gasteiger partial charge on any atom is 0.164 e. The van der Waals surface area contributed by atoms with Crippen LogP contribution < -0.4 is 5.73 Å². The molecule has 0 saturated carbocycles. The van der Waals surface area contributed by atoms with Crippen LogP contribution in [0.3, 0.4) is 0 Å². The van der Waals surface area contributed by atoms with Gasteiger partial charge in [0, 0.05) is 5.70 Å². The summed E-state index contributed by atoms with van der Waals surface area (Å²) in [6.45, 7) is 0. The fourth-order valence-corrected chi connectivity index (χ4v) is 1.49. The third-order valence-corrected chi connectivity index (χ3v) is 2.30. The minimum Gasteiger partial charge on any atom is -0.399 e. The van der Waals surface area contributed by atoms with Crippen LogP contribution in [-0.4, -0.2) is 6.17 Å². The number of halogens is 1. The topological polar surface area (TPSA) is 26.0 Å². The van der Waals surface area contributed by atoms with E-state index in [1.807, 2.05) is 30.3 Å². The number of allylic oxidation sites excluding steroid dienone is 4. The van der Waals surface area contributed by atoms with Crippen molar-refractivity contribution in [1.29, 1.82) is 0 Å². The van der Waals surface area contributed by atoms with E-state index in [9.17, 15) is 4.39 Å². The first-order valence-corrected chi connectivity index (χ1v) is 4.82. The van der Waals surface area contributed by atoms with Crippen molar-refractivity contribution in [3.8, 4) is 0 Å². The van der Waals surface area contributed by atoms with E-state index in [1.165, 1.54) is 0 Å². The summed E-state index contributed by atoms with van der Waals surface area (Å²) in [5, 5.41) is 0. The summed E-state index contributed by atoms with van der Waals surface area (Å²) < 4.78 is 13.6. The highest BCUT2D eigenvalue weighted by Crippen LogP contribution is 2.21. The molecule has 1 aliphatic carbocycles. The number of hydrogen-bond donors (Lipinski definition) is 1. The van der Waals surface area contributed by atoms with Crippen molar-refractivity contribution in [2.45, 2.75) is 6.17 Å². The summed E-state index contributed by atoms with van der Waals surface area (Å²) in [5.41, 5.74) is 7.36. The summed E-state index contributed by atoms with van der Waals surface area (Å²) in [7, 11) is 0. The Kier molecular flexibility index (Phi) is 2.68. The molecule has 1 aromatic carbocycles. The first-order chi connectivity index (χ1) is 7.27. The molecule has 0 aromatic heterocycles. The van der Waals surface area contributed by atoms with Crippen molar-refractivity contribution < 1.29 is 4.39 Å². The molecule has 1 nitrogen and oxygen atoms in total. The zero-order valence-corrected chi connectivity index (χ0v) is 8.23. The van der Waals surface area contributed by atoms with Crippen LogP contribution in [0.2, 0.25) is 0 Å². The highest BCUT2D eigenvalue weighted by atomic mass is 19.1. The molecule has 1 aliphatic rings. The molecule has 2 rings (SSSR count). The lowest BCUT2D eigenvalue weighted by Crippen LogP contribution is -2.16. The molecule has 0 saturated heterocycles. The second kappa shape index (κ2) is 4.13. The lowest BCUT2D eigenvalue weighted by atomic mass is 10.0. The average molecular weight is 201 g/mol. The number of rotatable bonds is 1. The van der Waals surface area contributed by atoms with Crippen molar-refractivity contribution in [2.24, 2.45) is 5.73 Å². The van der Waals surface area contributed by atoms with Crippen molar-refractivity contribution in [2.75, 3.05) is 0 Å². The lowest BCUT2D eigenvalue weighted by molar-refractivity contribution is 0.433. The summed E-state index contributed by atoms with van der Waals surface area (Å²) in [6.07, 6.45) is 5.72. The van der Waals surface area contributed by atoms with E-state index in [1.54, 1.807) is 24.3 Å². The van der Waals surface area contributed by atoms with Crippen LogP contribution in [0.4, 0.5) is 4.39 Å². The van der Waals surface area contributed by atoms with Crippen LogP contribution in [-0.2, 0) is 0 Å². The number of hydrogen-bond acceptors (Lipinski definition) is 1. The number of benzene rings is 1. The van der Waals surface area contributed by atoms with Gasteiger partial charge in [-0.25, -0.2) is 4.39 Å². The summed E-state index contributed by atoms with van der Waals surface area (Å²) in [4.78, 5) is 0. The molecule has 1 unspecified atom stereocenters. The molecule has 0 fully saturated rings. The molecule has 76 valence electrons. The van der Waals surface area contributed by atoms with Crippen molar-refractivity contribution >= 4 is 6.08 Å². The average Bonchev–Trinajstić information content (AvgIpc) is 2.26. The molecule has 0 bridgehead atoms. The highest BCUT2D eigenvalue weighted by Gasteiger charge is 2.15. The smallest absolute Gasteiger partial charge is 0.164 e. The summed E-state index contributed by atoms with van der Waals surface area (Å²) >= 11 is 0. The molecule has 1 aromatic rings. The van der Waals surface area contributed by atoms with Gasteiger partial charge in [0.25, 0.3) is 0 Å². The molecule has 2 heteroatoms. The van der Waals surface area contributed by atoms with Crippen LogP contribution in [0.5, 0.6) is 0 Å². The first-order valence-electron chi connectivity index (χ1n) is 4.82. The van der Waals surface area contributed by atoms with Gasteiger partial charge in [-0.15, -0.1) is 0 Å². The molecule has 1 atom stereocenters. The van der Waals surface area contributed by atoms with Gasteiger partial charge in [-0.1, -0.05) is 42.5 Å². The van der Waals surface area contributed by atoms with Gasteiger partial charge in [-0.05, 0) is 23.3 Å². The fraction of sp³-hybridized carbons (Fsp3) is 0.0769. The Labute approximate surface area is 88.4 Å². The van der Waals surface area contributed by atoms with E-state index in [-0.39, 0.29) is 5.70 Å². The molecule has 2 N–H and O–H groups in total. The zero-order chi connectivity index (χ0) is 10.7. The van der Waals surface area contributed by atoms with E-state index >= 15 is 0 Å². The Morgan fingerprint density at radius 2 is 1.93 bits per heavy atom. The van der Waals surface area contributed by atoms with E-state index in [2.05, 4.69) is 0 Å². The van der Waals surface area contributed by atoms with Gasteiger partial charge in [0.2, 0.25) is 0 Å². The minimum absolute atomic E-state index is 0.264. The lowest BCUT2D eigenvalue weighted by Gasteiger charge is -2.13. The SMILES string of the molecule is NC1=CC=C/C(=C\c2ccccc2)C1F. The van der Waals surface area contributed by atoms with Gasteiger partial charge in [-0.3, -0.25) is 0 Å². The maximum atomic E-state index is 13.6. The second-order valence-electron chi connectivity index (χ2n) is 3.44. The second-order valence-corrected chi connectivity index (χ2v) is 3.44. The Hall–Kier alpha value is -1.83. The Morgan fingerprint density at radius 3 is 2.67 bits per heavy atom. The van der Waals surface area contributed by atoms with Gasteiger partial charge >= 0.3 is 0 Å². The minimum atomic E-state index is -1.18. The molecule has 0 heterocycles. The maximum absolute atomic E-state index is 13.6. The normalized spacial score (nSPS) is 22.9. The summed E-state index contributed by atoms with van der Waals surface area (Å²) in [5.74, 6) is 0. The van der Waals surface area contributed by atoms with Crippen LogP contribution in [0, 0.1) is 0 Å². The predicted octanol–water partition coefficient (Wildman–Crippen LogP) is 2.82. The standard InChI is InChI=1S/C13H12FN/c14-13-11(7-4-8-12(13)15)9-10-5-2-1-3-6-10/h1-9,13H,15H2/b11-9+. The van der Waals surface area contributed by atoms with Gasteiger partial charge in [0.1, 0.15) is 0 Å². The molecule has 15 heavy (non-hydrogen) atoms. The molecular weight excluding hydrogens is 189 g/mol. The largest absolute Gasteiger partial charge is 0.399 e. The van der Waals surface area contributed by atoms with Gasteiger partial charge in [0.15, 0.2) is 6.17 Å². The Bertz CT molecular complexity index is 429. The van der Waals surface area contributed by atoms with Crippen LogP contribution in [0.25, 0.3) is 6.08 Å². The summed E-state index contributed by atoms with van der Waals surface area (Å²) in [6, 6.07) is 9.64. The third kappa shape index (κ3) is 2.15. The monoisotopic (exact) mass is 201 g/mol. The fourth-order valence-electron chi connectivity index (χ4n) is 1.49. The predicted molar refractivity (Wildman–Crippen MR) is 60.7 cm³/mol. The van der Waals surface area contributed by atoms with Crippen LogP contribution in [0.1, 0.15) is 5.56 Å². The van der Waals surface area contributed by atoms with Gasteiger partial charge in [-0.2, -0.15) is 0 Å². The number of alkyl halides is 1. The quantitative estimate of drug-likeness (QED) is 0.742. The first kappa shape index (κ1) is 9.71. The molecule has 0 spiro atoms. The van der Waals surface area contributed by atoms with Gasteiger partial charge in [0.05, 0.1) is 0 Å². The van der Waals surface area contributed by atoms with Crippen LogP contribution >= 0.6 is 0 Å². The Morgan fingerprint density at radius 1 is 1.20 bits per heavy atom. The molecule has 0 amide bonds. The van der Waals surface area contributed by atoms with E-state index < -0.39 is 6.17 Å². The third-order valence-electron chi connectivity index (χ3n) is 2.30. The molecular formula is C13H12FN. The molecule has 0 aliphatic heterocycles. The van der Waals surface area contributed by atoms with E-state index in [0.717, 1.165) is 5.56 Å². The van der Waals surface area contributed by atoms with E-state index in [0.29, 0.717) is 5.57 Å². The van der Waals surface area contributed by atoms with Crippen molar-refractivity contribution in [1.82, 2.24) is 0 Å². The van der Waals surface area contributed by atoms with Crippen molar-refractivity contribution in [3.63, 3.8) is 0 Å². The Balaban J connectivity index is 2.29. The van der Waals surface area contributed by atoms with Gasteiger partial charge < -0.3 is 5.73 Å². The van der Waals surface area contributed by atoms with Crippen LogP contribution in [0.15, 0.2) is 59.8 Å². The number of nitrogens with two attached hydrogens (primary N) is 1. The van der Waals surface area contributed by atoms with Crippen molar-refractivity contribution in [3.05, 3.63) is 65.4 Å². The zero-order valence-electron chi connectivity index (χ0n) is 8.23. The molecule has 0 radical (unpaired) electrons.